The Labute approximate surface area is 142 Å². The summed E-state index contributed by atoms with van der Waals surface area (Å²) in [4.78, 5) is 19.4. The Balaban J connectivity index is 1.66. The highest BCUT2D eigenvalue weighted by Crippen LogP contribution is 2.27. The zero-order chi connectivity index (χ0) is 16.4. The minimum atomic E-state index is -0.834. The Morgan fingerprint density at radius 1 is 1.30 bits per heavy atom. The second-order valence-corrected chi connectivity index (χ2v) is 6.46. The Morgan fingerprint density at radius 3 is 2.83 bits per heavy atom. The summed E-state index contributed by atoms with van der Waals surface area (Å²) in [5, 5.41) is 3.02. The van der Waals surface area contributed by atoms with Gasteiger partial charge in [-0.05, 0) is 34.1 Å². The lowest BCUT2D eigenvalue weighted by Crippen LogP contribution is -2.15. The van der Waals surface area contributed by atoms with Gasteiger partial charge >= 0.3 is 0 Å². The van der Waals surface area contributed by atoms with Crippen LogP contribution in [0.2, 0.25) is 0 Å². The average molecular weight is 398 g/mol. The van der Waals surface area contributed by atoms with Crippen molar-refractivity contribution in [2.24, 2.45) is 0 Å². The first kappa shape index (κ1) is 15.9. The third-order valence-electron chi connectivity index (χ3n) is 2.98. The number of thioether (sulfide) groups is 1. The number of carbonyl (C=O) groups excluding carboxylic acids is 1. The number of H-pyrrole nitrogens is 1. The second-order valence-electron chi connectivity index (χ2n) is 4.64. The van der Waals surface area contributed by atoms with Crippen molar-refractivity contribution in [3.05, 3.63) is 52.5 Å². The van der Waals surface area contributed by atoms with Crippen molar-refractivity contribution < 1.29 is 13.6 Å². The molecule has 3 aromatic rings. The summed E-state index contributed by atoms with van der Waals surface area (Å²) in [7, 11) is 0. The van der Waals surface area contributed by atoms with E-state index in [4.69, 9.17) is 0 Å². The van der Waals surface area contributed by atoms with Crippen molar-refractivity contribution in [1.82, 2.24) is 9.97 Å². The van der Waals surface area contributed by atoms with Gasteiger partial charge in [0.05, 0.1) is 22.5 Å². The molecule has 8 heteroatoms. The van der Waals surface area contributed by atoms with E-state index in [0.717, 1.165) is 17.1 Å². The van der Waals surface area contributed by atoms with Crippen LogP contribution in [0.4, 0.5) is 14.5 Å². The third kappa shape index (κ3) is 3.70. The van der Waals surface area contributed by atoms with Crippen LogP contribution in [0.1, 0.15) is 0 Å². The molecule has 3 rings (SSSR count). The van der Waals surface area contributed by atoms with Crippen LogP contribution in [0.15, 0.2) is 46.0 Å². The molecule has 0 saturated carbocycles. The number of anilines is 1. The minimum absolute atomic E-state index is 0.0447. The zero-order valence-corrected chi connectivity index (χ0v) is 14.0. The van der Waals surface area contributed by atoms with E-state index in [9.17, 15) is 13.6 Å². The maximum Gasteiger partial charge on any atom is 0.234 e. The number of halogens is 3. The summed E-state index contributed by atoms with van der Waals surface area (Å²) >= 11 is 4.22. The maximum absolute atomic E-state index is 13.7. The molecule has 0 aliphatic heterocycles. The van der Waals surface area contributed by atoms with Gasteiger partial charge in [0, 0.05) is 10.5 Å². The normalized spacial score (nSPS) is 10.9. The number of carbonyl (C=O) groups is 1. The van der Waals surface area contributed by atoms with Crippen LogP contribution in [0.3, 0.4) is 0 Å². The summed E-state index contributed by atoms with van der Waals surface area (Å²) in [5.41, 5.74) is 1.60. The number of aromatic amines is 1. The van der Waals surface area contributed by atoms with Gasteiger partial charge in [-0.3, -0.25) is 4.79 Å². The van der Waals surface area contributed by atoms with Crippen LogP contribution < -0.4 is 5.32 Å². The smallest absolute Gasteiger partial charge is 0.234 e. The molecule has 0 aliphatic rings. The van der Waals surface area contributed by atoms with Gasteiger partial charge in [-0.2, -0.15) is 0 Å². The van der Waals surface area contributed by atoms with Crippen LogP contribution in [0.25, 0.3) is 11.0 Å². The molecule has 118 valence electrons. The van der Waals surface area contributed by atoms with Gasteiger partial charge in [-0.1, -0.05) is 23.9 Å². The molecule has 1 heterocycles. The van der Waals surface area contributed by atoms with Gasteiger partial charge in [0.25, 0.3) is 0 Å². The molecule has 0 fully saturated rings. The highest BCUT2D eigenvalue weighted by Gasteiger charge is 2.13. The molecular formula is C15H10BrF2N3OS. The molecular weight excluding hydrogens is 388 g/mol. The van der Waals surface area contributed by atoms with Gasteiger partial charge in [0.1, 0.15) is 5.82 Å². The third-order valence-corrected chi connectivity index (χ3v) is 4.48. The molecule has 23 heavy (non-hydrogen) atoms. The largest absolute Gasteiger partial charge is 0.333 e. The number of rotatable bonds is 4. The fourth-order valence-corrected chi connectivity index (χ4v) is 3.16. The molecule has 2 N–H and O–H groups in total. The lowest BCUT2D eigenvalue weighted by molar-refractivity contribution is -0.113. The van der Waals surface area contributed by atoms with Crippen LogP contribution in [0, 0.1) is 11.6 Å². The monoisotopic (exact) mass is 397 g/mol. The van der Waals surface area contributed by atoms with Gasteiger partial charge in [0.2, 0.25) is 5.91 Å². The molecule has 0 saturated heterocycles. The van der Waals surface area contributed by atoms with Crippen molar-refractivity contribution >= 4 is 50.3 Å². The SMILES string of the molecule is O=C(CSc1nc2ccccc2[nH]1)Nc1c(F)cc(F)cc1Br. The van der Waals surface area contributed by atoms with E-state index in [1.165, 1.54) is 11.8 Å². The number of aromatic nitrogens is 2. The first-order chi connectivity index (χ1) is 11.0. The van der Waals surface area contributed by atoms with Crippen LogP contribution in [-0.2, 0) is 4.79 Å². The quantitative estimate of drug-likeness (QED) is 0.644. The predicted molar refractivity (Wildman–Crippen MR) is 89.5 cm³/mol. The Bertz CT molecular complexity index is 828. The molecule has 0 spiro atoms. The summed E-state index contributed by atoms with van der Waals surface area (Å²) < 4.78 is 26.8. The maximum atomic E-state index is 13.7. The van der Waals surface area contributed by atoms with Gasteiger partial charge in [-0.15, -0.1) is 0 Å². The second kappa shape index (κ2) is 6.67. The van der Waals surface area contributed by atoms with Crippen LogP contribution in [0.5, 0.6) is 0 Å². The lowest BCUT2D eigenvalue weighted by atomic mass is 10.3. The fraction of sp³-hybridized carbons (Fsp3) is 0.0667. The molecule has 0 bridgehead atoms. The summed E-state index contributed by atoms with van der Waals surface area (Å²) in [5.74, 6) is -1.92. The van der Waals surface area contributed by atoms with Crippen molar-refractivity contribution in [3.8, 4) is 0 Å². The lowest BCUT2D eigenvalue weighted by Gasteiger charge is -2.08. The molecule has 0 radical (unpaired) electrons. The van der Waals surface area contributed by atoms with Crippen LogP contribution in [-0.4, -0.2) is 21.6 Å². The Kier molecular flexibility index (Phi) is 4.63. The predicted octanol–water partition coefficient (Wildman–Crippen LogP) is 4.33. The number of benzene rings is 2. The average Bonchev–Trinajstić information content (AvgIpc) is 2.91. The van der Waals surface area contributed by atoms with Gasteiger partial charge < -0.3 is 10.3 Å². The van der Waals surface area contributed by atoms with E-state index >= 15 is 0 Å². The number of nitrogens with zero attached hydrogens (tertiary/aromatic N) is 1. The van der Waals surface area contributed by atoms with E-state index in [0.29, 0.717) is 11.2 Å². The van der Waals surface area contributed by atoms with Gasteiger partial charge in [-0.25, -0.2) is 13.8 Å². The summed E-state index contributed by atoms with van der Waals surface area (Å²) in [6.07, 6.45) is 0. The number of hydrogen-bond donors (Lipinski definition) is 2. The van der Waals surface area contributed by atoms with E-state index in [-0.39, 0.29) is 15.9 Å². The number of hydrogen-bond acceptors (Lipinski definition) is 3. The first-order valence-corrected chi connectivity index (χ1v) is 8.33. The number of amides is 1. The van der Waals surface area contributed by atoms with E-state index in [1.807, 2.05) is 24.3 Å². The Morgan fingerprint density at radius 2 is 2.09 bits per heavy atom. The molecule has 0 atom stereocenters. The minimum Gasteiger partial charge on any atom is -0.333 e. The molecule has 2 aromatic carbocycles. The number of fused-ring (bicyclic) bond motifs is 1. The van der Waals surface area contributed by atoms with Gasteiger partial charge in [0.15, 0.2) is 11.0 Å². The summed E-state index contributed by atoms with van der Waals surface area (Å²) in [6.45, 7) is 0. The summed E-state index contributed by atoms with van der Waals surface area (Å²) in [6, 6.07) is 9.31. The zero-order valence-electron chi connectivity index (χ0n) is 11.6. The standard InChI is InChI=1S/C15H10BrF2N3OS/c16-9-5-8(17)6-10(18)14(9)21-13(22)7-23-15-19-11-3-1-2-4-12(11)20-15/h1-6H,7H2,(H,19,20)(H,21,22). The molecule has 0 aliphatic carbocycles. The van der Waals surface area contributed by atoms with E-state index in [2.05, 4.69) is 31.2 Å². The van der Waals surface area contributed by atoms with E-state index < -0.39 is 17.5 Å². The molecule has 1 aromatic heterocycles. The Hall–Kier alpha value is -1.93. The number of imidazole rings is 1. The van der Waals surface area contributed by atoms with Crippen molar-refractivity contribution in [3.63, 3.8) is 0 Å². The van der Waals surface area contributed by atoms with Crippen LogP contribution >= 0.6 is 27.7 Å². The highest BCUT2D eigenvalue weighted by atomic mass is 79.9. The van der Waals surface area contributed by atoms with E-state index in [1.54, 1.807) is 0 Å². The number of nitrogens with one attached hydrogen (secondary N) is 2. The topological polar surface area (TPSA) is 57.8 Å². The molecule has 0 unspecified atom stereocenters. The van der Waals surface area contributed by atoms with Crippen molar-refractivity contribution in [2.45, 2.75) is 5.16 Å². The van der Waals surface area contributed by atoms with Crippen molar-refractivity contribution in [2.75, 3.05) is 11.1 Å². The first-order valence-electron chi connectivity index (χ1n) is 6.55. The molecule has 1 amide bonds. The number of para-hydroxylation sites is 2. The van der Waals surface area contributed by atoms with Crippen molar-refractivity contribution in [1.29, 1.82) is 0 Å². The highest BCUT2D eigenvalue weighted by molar-refractivity contribution is 9.10. The molecule has 4 nitrogen and oxygen atoms in total. The fourth-order valence-electron chi connectivity index (χ4n) is 1.97.